The Labute approximate surface area is 152 Å². The van der Waals surface area contributed by atoms with Crippen molar-refractivity contribution in [3.05, 3.63) is 29.8 Å². The number of benzene rings is 1. The molecular weight excluding hydrogens is 314 g/mol. The average molecular weight is 348 g/mol. The van der Waals surface area contributed by atoms with Gasteiger partial charge in [0.1, 0.15) is 5.41 Å². The molecule has 1 aromatic carbocycles. The van der Waals surface area contributed by atoms with E-state index in [1.807, 2.05) is 38.4 Å². The van der Waals surface area contributed by atoms with E-state index < -0.39 is 5.41 Å². The van der Waals surface area contributed by atoms with Gasteiger partial charge in [-0.2, -0.15) is 0 Å². The van der Waals surface area contributed by atoms with Gasteiger partial charge in [0.05, 0.1) is 0 Å². The molecule has 25 heavy (non-hydrogen) atoms. The topological polar surface area (TPSA) is 61.4 Å². The summed E-state index contributed by atoms with van der Waals surface area (Å²) in [6, 6.07) is 7.73. The lowest BCUT2D eigenvalue weighted by Crippen LogP contribution is -2.45. The fourth-order valence-electron chi connectivity index (χ4n) is 2.45. The molecule has 0 radical (unpaired) electrons. The third kappa shape index (κ3) is 6.16. The Morgan fingerprint density at radius 3 is 2.16 bits per heavy atom. The molecular formula is C20H33N3O2. The van der Waals surface area contributed by atoms with Crippen molar-refractivity contribution >= 4 is 17.5 Å². The molecule has 0 atom stereocenters. The lowest BCUT2D eigenvalue weighted by atomic mass is 9.85. The largest absolute Gasteiger partial charge is 0.355 e. The van der Waals surface area contributed by atoms with Gasteiger partial charge in [-0.3, -0.25) is 9.59 Å². The van der Waals surface area contributed by atoms with Crippen LogP contribution in [0, 0.1) is 5.41 Å². The minimum absolute atomic E-state index is 0.0948. The van der Waals surface area contributed by atoms with Crippen molar-refractivity contribution < 1.29 is 9.59 Å². The van der Waals surface area contributed by atoms with Crippen LogP contribution in [0.15, 0.2) is 24.3 Å². The number of rotatable bonds is 7. The highest BCUT2D eigenvalue weighted by Crippen LogP contribution is 2.30. The van der Waals surface area contributed by atoms with Gasteiger partial charge < -0.3 is 15.5 Å². The Hall–Kier alpha value is -1.88. The SMILES string of the molecule is CN(C)CCCNC(=O)C(C)(C)C(=O)Nc1ccccc1C(C)(C)C. The molecule has 0 saturated carbocycles. The second-order valence-corrected chi connectivity index (χ2v) is 8.29. The summed E-state index contributed by atoms with van der Waals surface area (Å²) in [6.07, 6.45) is 0.850. The van der Waals surface area contributed by atoms with Crippen LogP contribution in [0.25, 0.3) is 0 Å². The number of anilines is 1. The van der Waals surface area contributed by atoms with E-state index in [1.54, 1.807) is 13.8 Å². The van der Waals surface area contributed by atoms with Crippen LogP contribution in [-0.4, -0.2) is 43.9 Å². The number of para-hydroxylation sites is 1. The number of nitrogens with zero attached hydrogens (tertiary/aromatic N) is 1. The van der Waals surface area contributed by atoms with Gasteiger partial charge in [0.2, 0.25) is 11.8 Å². The molecule has 0 spiro atoms. The fourth-order valence-corrected chi connectivity index (χ4v) is 2.45. The van der Waals surface area contributed by atoms with Crippen LogP contribution in [0.2, 0.25) is 0 Å². The molecule has 0 aliphatic rings. The zero-order valence-electron chi connectivity index (χ0n) is 16.7. The summed E-state index contributed by atoms with van der Waals surface area (Å²) < 4.78 is 0. The molecule has 2 amide bonds. The first kappa shape index (κ1) is 21.2. The highest BCUT2D eigenvalue weighted by Gasteiger charge is 2.36. The lowest BCUT2D eigenvalue weighted by Gasteiger charge is -2.26. The van der Waals surface area contributed by atoms with Crippen LogP contribution in [0.5, 0.6) is 0 Å². The second kappa shape index (κ2) is 8.48. The standard InChI is InChI=1S/C20H33N3O2/c1-19(2,3)15-11-8-9-12-16(15)22-18(25)20(4,5)17(24)21-13-10-14-23(6)7/h8-9,11-12H,10,13-14H2,1-7H3,(H,21,24)(H,22,25). The van der Waals surface area contributed by atoms with E-state index in [1.165, 1.54) is 0 Å². The summed E-state index contributed by atoms with van der Waals surface area (Å²) in [7, 11) is 3.98. The normalized spacial score (nSPS) is 12.2. The maximum absolute atomic E-state index is 12.7. The highest BCUT2D eigenvalue weighted by molar-refractivity contribution is 6.10. The molecule has 0 aliphatic carbocycles. The monoisotopic (exact) mass is 347 g/mol. The predicted octanol–water partition coefficient (Wildman–Crippen LogP) is 3.02. The van der Waals surface area contributed by atoms with Gasteiger partial charge in [0.15, 0.2) is 0 Å². The number of carbonyl (C=O) groups is 2. The Morgan fingerprint density at radius 1 is 1.00 bits per heavy atom. The predicted molar refractivity (Wildman–Crippen MR) is 104 cm³/mol. The zero-order chi connectivity index (χ0) is 19.3. The fraction of sp³-hybridized carbons (Fsp3) is 0.600. The zero-order valence-corrected chi connectivity index (χ0v) is 16.7. The molecule has 0 saturated heterocycles. The Morgan fingerprint density at radius 2 is 1.60 bits per heavy atom. The molecule has 0 bridgehead atoms. The molecule has 1 aromatic rings. The van der Waals surface area contributed by atoms with E-state index in [9.17, 15) is 9.59 Å². The van der Waals surface area contributed by atoms with Crippen LogP contribution < -0.4 is 10.6 Å². The Kier molecular flexibility index (Phi) is 7.17. The molecule has 140 valence electrons. The molecule has 2 N–H and O–H groups in total. The van der Waals surface area contributed by atoms with Crippen molar-refractivity contribution in [2.24, 2.45) is 5.41 Å². The average Bonchev–Trinajstić information content (AvgIpc) is 2.50. The maximum atomic E-state index is 12.7. The molecule has 0 aromatic heterocycles. The van der Waals surface area contributed by atoms with Gasteiger partial charge in [0.25, 0.3) is 0 Å². The van der Waals surface area contributed by atoms with Crippen LogP contribution in [0.4, 0.5) is 5.69 Å². The van der Waals surface area contributed by atoms with Gasteiger partial charge in [-0.05, 0) is 58.0 Å². The van der Waals surface area contributed by atoms with Gasteiger partial charge in [-0.1, -0.05) is 39.0 Å². The second-order valence-electron chi connectivity index (χ2n) is 8.29. The molecule has 0 fully saturated rings. The third-order valence-corrected chi connectivity index (χ3v) is 4.19. The number of hydrogen-bond acceptors (Lipinski definition) is 3. The van der Waals surface area contributed by atoms with Crippen LogP contribution in [0.1, 0.15) is 46.6 Å². The van der Waals surface area contributed by atoms with Crippen molar-refractivity contribution in [1.29, 1.82) is 0 Å². The minimum atomic E-state index is -1.14. The Bertz CT molecular complexity index is 601. The molecule has 5 heteroatoms. The van der Waals surface area contributed by atoms with Crippen molar-refractivity contribution in [3.8, 4) is 0 Å². The smallest absolute Gasteiger partial charge is 0.239 e. The summed E-state index contributed by atoms with van der Waals surface area (Å²) in [6.45, 7) is 11.1. The number of carbonyl (C=O) groups excluding carboxylic acids is 2. The van der Waals surface area contributed by atoms with Crippen LogP contribution in [-0.2, 0) is 15.0 Å². The summed E-state index contributed by atoms with van der Waals surface area (Å²) in [5.74, 6) is -0.550. The number of amides is 2. The van der Waals surface area contributed by atoms with E-state index in [0.29, 0.717) is 6.54 Å². The minimum Gasteiger partial charge on any atom is -0.355 e. The highest BCUT2D eigenvalue weighted by atomic mass is 16.2. The number of hydrogen-bond donors (Lipinski definition) is 2. The van der Waals surface area contributed by atoms with Gasteiger partial charge in [-0.15, -0.1) is 0 Å². The molecule has 5 nitrogen and oxygen atoms in total. The van der Waals surface area contributed by atoms with Crippen molar-refractivity contribution in [2.45, 2.75) is 46.5 Å². The van der Waals surface area contributed by atoms with Gasteiger partial charge in [0, 0.05) is 12.2 Å². The molecule has 1 rings (SSSR count). The lowest BCUT2D eigenvalue weighted by molar-refractivity contribution is -0.138. The first-order chi connectivity index (χ1) is 11.5. The summed E-state index contributed by atoms with van der Waals surface area (Å²) in [4.78, 5) is 27.2. The maximum Gasteiger partial charge on any atom is 0.239 e. The summed E-state index contributed by atoms with van der Waals surface area (Å²) >= 11 is 0. The third-order valence-electron chi connectivity index (χ3n) is 4.19. The molecule has 0 heterocycles. The van der Waals surface area contributed by atoms with Gasteiger partial charge in [-0.25, -0.2) is 0 Å². The molecule has 0 unspecified atom stereocenters. The quantitative estimate of drug-likeness (QED) is 0.589. The summed E-state index contributed by atoms with van der Waals surface area (Å²) in [5, 5.41) is 5.80. The number of nitrogens with one attached hydrogen (secondary N) is 2. The van der Waals surface area contributed by atoms with E-state index >= 15 is 0 Å². The van der Waals surface area contributed by atoms with Gasteiger partial charge >= 0.3 is 0 Å². The Balaban J connectivity index is 2.77. The van der Waals surface area contributed by atoms with E-state index in [4.69, 9.17) is 0 Å². The molecule has 0 aliphatic heterocycles. The van der Waals surface area contributed by atoms with Crippen molar-refractivity contribution in [2.75, 3.05) is 32.5 Å². The summed E-state index contributed by atoms with van der Waals surface area (Å²) in [5.41, 5.74) is 0.574. The van der Waals surface area contributed by atoms with Crippen LogP contribution in [0.3, 0.4) is 0 Å². The first-order valence-electron chi connectivity index (χ1n) is 8.80. The van der Waals surface area contributed by atoms with Crippen LogP contribution >= 0.6 is 0 Å². The van der Waals surface area contributed by atoms with E-state index in [-0.39, 0.29) is 17.2 Å². The van der Waals surface area contributed by atoms with Crippen molar-refractivity contribution in [1.82, 2.24) is 10.2 Å². The van der Waals surface area contributed by atoms with E-state index in [2.05, 4.69) is 36.3 Å². The van der Waals surface area contributed by atoms with Crippen molar-refractivity contribution in [3.63, 3.8) is 0 Å². The first-order valence-corrected chi connectivity index (χ1v) is 8.80. The van der Waals surface area contributed by atoms with E-state index in [0.717, 1.165) is 24.2 Å².